The molecule has 4 heteroatoms. The normalized spacial score (nSPS) is 12.3. The highest BCUT2D eigenvalue weighted by molar-refractivity contribution is 5.34. The second-order valence-electron chi connectivity index (χ2n) is 4.93. The van der Waals surface area contributed by atoms with Crippen molar-refractivity contribution in [2.75, 3.05) is 13.7 Å². The first-order valence-electron chi connectivity index (χ1n) is 7.06. The molecule has 20 heavy (non-hydrogen) atoms. The van der Waals surface area contributed by atoms with Gasteiger partial charge < -0.3 is 14.6 Å². The quantitative estimate of drug-likeness (QED) is 0.840. The maximum Gasteiger partial charge on any atom is 0.122 e. The molecule has 2 aromatic rings. The number of nitrogens with one attached hydrogen (secondary N) is 1. The lowest BCUT2D eigenvalue weighted by molar-refractivity contribution is 0.404. The van der Waals surface area contributed by atoms with Gasteiger partial charge in [0.2, 0.25) is 0 Å². The Kier molecular flexibility index (Phi) is 5.18. The monoisotopic (exact) mass is 273 g/mol. The Morgan fingerprint density at radius 3 is 2.75 bits per heavy atom. The minimum atomic E-state index is 0.359. The highest BCUT2D eigenvalue weighted by Gasteiger charge is 2.14. The zero-order chi connectivity index (χ0) is 14.4. The molecule has 1 heterocycles. The van der Waals surface area contributed by atoms with E-state index in [-0.39, 0.29) is 0 Å². The summed E-state index contributed by atoms with van der Waals surface area (Å²) in [5.41, 5.74) is 1.23. The second-order valence-corrected chi connectivity index (χ2v) is 4.93. The number of hydrogen-bond acceptors (Lipinski definition) is 3. The maximum absolute atomic E-state index is 5.43. The van der Waals surface area contributed by atoms with Gasteiger partial charge in [0.25, 0.3) is 0 Å². The van der Waals surface area contributed by atoms with Gasteiger partial charge in [0.1, 0.15) is 11.6 Å². The van der Waals surface area contributed by atoms with Crippen LogP contribution in [0.2, 0.25) is 0 Å². The van der Waals surface area contributed by atoms with Crippen molar-refractivity contribution >= 4 is 0 Å². The number of nitrogens with zero attached hydrogens (tertiary/aromatic N) is 2. The van der Waals surface area contributed by atoms with Crippen molar-refractivity contribution in [1.29, 1.82) is 0 Å². The van der Waals surface area contributed by atoms with E-state index in [9.17, 15) is 0 Å². The molecule has 1 aromatic heterocycles. The van der Waals surface area contributed by atoms with Gasteiger partial charge in [-0.25, -0.2) is 4.98 Å². The number of benzene rings is 1. The zero-order valence-electron chi connectivity index (χ0n) is 12.5. The molecule has 0 bridgehead atoms. The summed E-state index contributed by atoms with van der Waals surface area (Å²) in [6, 6.07) is 8.56. The fraction of sp³-hybridized carbons (Fsp3) is 0.438. The SMILES string of the molecule is CCNC(Cc1ccccc1OC)Cc1nccn1C. The Morgan fingerprint density at radius 1 is 1.30 bits per heavy atom. The molecule has 0 aliphatic carbocycles. The lowest BCUT2D eigenvalue weighted by atomic mass is 10.0. The summed E-state index contributed by atoms with van der Waals surface area (Å²) >= 11 is 0. The Hall–Kier alpha value is -1.81. The van der Waals surface area contributed by atoms with Crippen LogP contribution in [-0.4, -0.2) is 29.2 Å². The van der Waals surface area contributed by atoms with Gasteiger partial charge in [-0.15, -0.1) is 0 Å². The average molecular weight is 273 g/mol. The molecule has 0 spiro atoms. The van der Waals surface area contributed by atoms with Crippen molar-refractivity contribution in [3.8, 4) is 5.75 Å². The van der Waals surface area contributed by atoms with E-state index in [4.69, 9.17) is 4.74 Å². The molecule has 0 aliphatic rings. The Labute approximate surface area is 120 Å². The maximum atomic E-state index is 5.43. The van der Waals surface area contributed by atoms with Crippen LogP contribution in [0, 0.1) is 0 Å². The van der Waals surface area contributed by atoms with Crippen LogP contribution in [0.5, 0.6) is 5.75 Å². The molecule has 108 valence electrons. The van der Waals surface area contributed by atoms with Gasteiger partial charge in [-0.05, 0) is 24.6 Å². The number of aromatic nitrogens is 2. The first-order valence-corrected chi connectivity index (χ1v) is 7.06. The Bertz CT molecular complexity index is 536. The molecular formula is C16H23N3O. The number of ether oxygens (including phenoxy) is 1. The largest absolute Gasteiger partial charge is 0.496 e. The van der Waals surface area contributed by atoms with Gasteiger partial charge in [0.05, 0.1) is 7.11 Å². The number of imidazole rings is 1. The van der Waals surface area contributed by atoms with Crippen molar-refractivity contribution in [2.45, 2.75) is 25.8 Å². The molecule has 1 unspecified atom stereocenters. The highest BCUT2D eigenvalue weighted by Crippen LogP contribution is 2.19. The first kappa shape index (κ1) is 14.6. The van der Waals surface area contributed by atoms with E-state index in [0.717, 1.165) is 31.0 Å². The van der Waals surface area contributed by atoms with E-state index in [1.807, 2.05) is 31.6 Å². The molecule has 1 atom stereocenters. The summed E-state index contributed by atoms with van der Waals surface area (Å²) in [5, 5.41) is 3.54. The van der Waals surface area contributed by atoms with Crippen LogP contribution in [-0.2, 0) is 19.9 Å². The van der Waals surface area contributed by atoms with E-state index in [2.05, 4.69) is 33.9 Å². The first-order chi connectivity index (χ1) is 9.74. The molecule has 0 fully saturated rings. The third-order valence-corrected chi connectivity index (χ3v) is 3.50. The standard InChI is InChI=1S/C16H23N3O/c1-4-17-14(12-16-18-9-10-19(16)2)11-13-7-5-6-8-15(13)20-3/h5-10,14,17H,4,11-12H2,1-3H3. The lowest BCUT2D eigenvalue weighted by Gasteiger charge is -2.19. The van der Waals surface area contributed by atoms with E-state index in [0.29, 0.717) is 6.04 Å². The fourth-order valence-corrected chi connectivity index (χ4v) is 2.46. The summed E-state index contributed by atoms with van der Waals surface area (Å²) in [6.45, 7) is 3.08. The minimum absolute atomic E-state index is 0.359. The fourth-order valence-electron chi connectivity index (χ4n) is 2.46. The van der Waals surface area contributed by atoms with Gasteiger partial charge in [-0.3, -0.25) is 0 Å². The summed E-state index contributed by atoms with van der Waals surface area (Å²) in [4.78, 5) is 4.41. The van der Waals surface area contributed by atoms with E-state index in [1.165, 1.54) is 5.56 Å². The third-order valence-electron chi connectivity index (χ3n) is 3.50. The van der Waals surface area contributed by atoms with E-state index < -0.39 is 0 Å². The van der Waals surface area contributed by atoms with Crippen molar-refractivity contribution in [1.82, 2.24) is 14.9 Å². The van der Waals surface area contributed by atoms with Gasteiger partial charge in [-0.2, -0.15) is 0 Å². The number of rotatable bonds is 7. The van der Waals surface area contributed by atoms with Crippen molar-refractivity contribution in [3.63, 3.8) is 0 Å². The molecule has 4 nitrogen and oxygen atoms in total. The Balaban J connectivity index is 2.11. The predicted molar refractivity (Wildman–Crippen MR) is 81.1 cm³/mol. The number of aryl methyl sites for hydroxylation is 1. The van der Waals surface area contributed by atoms with Crippen LogP contribution in [0.4, 0.5) is 0 Å². The van der Waals surface area contributed by atoms with Gasteiger partial charge >= 0.3 is 0 Å². The molecule has 0 saturated carbocycles. The Morgan fingerprint density at radius 2 is 2.10 bits per heavy atom. The van der Waals surface area contributed by atoms with Crippen LogP contribution in [0.3, 0.4) is 0 Å². The highest BCUT2D eigenvalue weighted by atomic mass is 16.5. The van der Waals surface area contributed by atoms with Crippen molar-refractivity contribution in [3.05, 3.63) is 48.0 Å². The van der Waals surface area contributed by atoms with Crippen LogP contribution >= 0.6 is 0 Å². The molecule has 1 N–H and O–H groups in total. The number of likely N-dealkylation sites (N-methyl/N-ethyl adjacent to an activating group) is 1. The minimum Gasteiger partial charge on any atom is -0.496 e. The third kappa shape index (κ3) is 3.61. The van der Waals surface area contributed by atoms with Gasteiger partial charge in [0, 0.05) is 31.9 Å². The van der Waals surface area contributed by atoms with Crippen molar-refractivity contribution < 1.29 is 4.74 Å². The summed E-state index contributed by atoms with van der Waals surface area (Å²) in [6.07, 6.45) is 5.68. The average Bonchev–Trinajstić information content (AvgIpc) is 2.85. The van der Waals surface area contributed by atoms with Crippen LogP contribution in [0.15, 0.2) is 36.7 Å². The van der Waals surface area contributed by atoms with E-state index in [1.54, 1.807) is 7.11 Å². The zero-order valence-corrected chi connectivity index (χ0v) is 12.5. The van der Waals surface area contributed by atoms with E-state index >= 15 is 0 Å². The van der Waals surface area contributed by atoms with Gasteiger partial charge in [-0.1, -0.05) is 25.1 Å². The lowest BCUT2D eigenvalue weighted by Crippen LogP contribution is -2.34. The number of hydrogen-bond donors (Lipinski definition) is 1. The van der Waals surface area contributed by atoms with Crippen LogP contribution in [0.1, 0.15) is 18.3 Å². The molecular weight excluding hydrogens is 250 g/mol. The molecule has 0 saturated heterocycles. The second kappa shape index (κ2) is 7.10. The number of methoxy groups -OCH3 is 1. The molecule has 2 rings (SSSR count). The molecule has 0 radical (unpaired) electrons. The predicted octanol–water partition coefficient (Wildman–Crippen LogP) is 2.19. The molecule has 0 aliphatic heterocycles. The topological polar surface area (TPSA) is 39.1 Å². The summed E-state index contributed by atoms with van der Waals surface area (Å²) in [5.74, 6) is 2.06. The number of para-hydroxylation sites is 1. The summed E-state index contributed by atoms with van der Waals surface area (Å²) < 4.78 is 7.51. The van der Waals surface area contributed by atoms with Gasteiger partial charge in [0.15, 0.2) is 0 Å². The molecule has 1 aromatic carbocycles. The van der Waals surface area contributed by atoms with Crippen LogP contribution in [0.25, 0.3) is 0 Å². The molecule has 0 amide bonds. The summed E-state index contributed by atoms with van der Waals surface area (Å²) in [7, 11) is 3.76. The smallest absolute Gasteiger partial charge is 0.122 e. The van der Waals surface area contributed by atoms with Crippen molar-refractivity contribution in [2.24, 2.45) is 7.05 Å². The van der Waals surface area contributed by atoms with Crippen LogP contribution < -0.4 is 10.1 Å².